The van der Waals surface area contributed by atoms with Gasteiger partial charge in [-0.2, -0.15) is 5.10 Å². The number of rotatable bonds is 3. The molecule has 4 heteroatoms. The van der Waals surface area contributed by atoms with Crippen LogP contribution in [0.25, 0.3) is 0 Å². The number of aromatic amines is 1. The second-order valence-electron chi connectivity index (χ2n) is 3.70. The number of hydrogen-bond donors (Lipinski definition) is 2. The van der Waals surface area contributed by atoms with Crippen molar-refractivity contribution in [1.29, 1.82) is 0 Å². The Labute approximate surface area is 88.7 Å². The number of aromatic nitrogens is 2. The van der Waals surface area contributed by atoms with E-state index in [1.165, 1.54) is 0 Å². The first-order valence-electron chi connectivity index (χ1n) is 5.21. The molecule has 2 heterocycles. The summed E-state index contributed by atoms with van der Waals surface area (Å²) in [4.78, 5) is 4.40. The molecule has 15 heavy (non-hydrogen) atoms. The van der Waals surface area contributed by atoms with Crippen molar-refractivity contribution in [3.63, 3.8) is 0 Å². The smallest absolute Gasteiger partial charge is 0.212 e. The van der Waals surface area contributed by atoms with Gasteiger partial charge in [-0.1, -0.05) is 6.08 Å². The predicted octanol–water partition coefficient (Wildman–Crippen LogP) is 2.14. The Morgan fingerprint density at radius 1 is 1.67 bits per heavy atom. The van der Waals surface area contributed by atoms with Gasteiger partial charge in [0, 0.05) is 6.42 Å². The summed E-state index contributed by atoms with van der Waals surface area (Å²) in [5.41, 5.74) is 1.69. The molecular formula is C11H15N3O. The fraction of sp³-hybridized carbons (Fsp3) is 0.455. The van der Waals surface area contributed by atoms with E-state index in [0.29, 0.717) is 6.42 Å². The Hall–Kier alpha value is -1.58. The van der Waals surface area contributed by atoms with E-state index in [1.54, 1.807) is 6.08 Å². The lowest BCUT2D eigenvalue weighted by molar-refractivity contribution is 0.437. The molecule has 0 aromatic carbocycles. The van der Waals surface area contributed by atoms with Crippen LogP contribution < -0.4 is 0 Å². The first-order valence-corrected chi connectivity index (χ1v) is 5.21. The summed E-state index contributed by atoms with van der Waals surface area (Å²) < 4.78 is 0. The minimum Gasteiger partial charge on any atom is -0.493 e. The molecule has 1 aliphatic heterocycles. The van der Waals surface area contributed by atoms with Gasteiger partial charge in [0.2, 0.25) is 5.88 Å². The van der Waals surface area contributed by atoms with Gasteiger partial charge < -0.3 is 5.11 Å². The van der Waals surface area contributed by atoms with Crippen molar-refractivity contribution in [2.45, 2.75) is 31.7 Å². The van der Waals surface area contributed by atoms with E-state index in [2.05, 4.69) is 21.8 Å². The van der Waals surface area contributed by atoms with Crippen LogP contribution in [0.3, 0.4) is 0 Å². The average molecular weight is 205 g/mol. The summed E-state index contributed by atoms with van der Waals surface area (Å²) >= 11 is 0. The first kappa shape index (κ1) is 9.96. The third-order valence-corrected chi connectivity index (χ3v) is 2.63. The average Bonchev–Trinajstić information content (AvgIpc) is 2.62. The zero-order chi connectivity index (χ0) is 10.7. The molecule has 0 radical (unpaired) electrons. The normalized spacial score (nSPS) is 20.4. The van der Waals surface area contributed by atoms with Crippen LogP contribution in [0.2, 0.25) is 0 Å². The van der Waals surface area contributed by atoms with Gasteiger partial charge in [0.1, 0.15) is 0 Å². The summed E-state index contributed by atoms with van der Waals surface area (Å²) in [5, 5.41) is 16.3. The molecule has 0 saturated carbocycles. The molecule has 1 unspecified atom stereocenters. The van der Waals surface area contributed by atoms with Gasteiger partial charge in [-0.3, -0.25) is 4.99 Å². The molecule has 1 aliphatic rings. The van der Waals surface area contributed by atoms with E-state index in [-0.39, 0.29) is 11.9 Å². The van der Waals surface area contributed by atoms with E-state index < -0.39 is 0 Å². The molecule has 0 saturated heterocycles. The number of aliphatic imine (C=N–C) groups is 1. The third kappa shape index (κ3) is 1.93. The Morgan fingerprint density at radius 2 is 2.53 bits per heavy atom. The van der Waals surface area contributed by atoms with Crippen LogP contribution in [0.15, 0.2) is 17.6 Å². The van der Waals surface area contributed by atoms with Crippen molar-refractivity contribution in [2.24, 2.45) is 4.99 Å². The van der Waals surface area contributed by atoms with E-state index in [0.717, 1.165) is 30.5 Å². The maximum absolute atomic E-state index is 9.68. The molecule has 0 bridgehead atoms. The van der Waals surface area contributed by atoms with Crippen LogP contribution in [-0.4, -0.2) is 21.5 Å². The molecule has 0 amide bonds. The van der Waals surface area contributed by atoms with Gasteiger partial charge >= 0.3 is 0 Å². The number of nitrogens with one attached hydrogen (secondary N) is 1. The van der Waals surface area contributed by atoms with Gasteiger partial charge in [0.05, 0.1) is 17.3 Å². The van der Waals surface area contributed by atoms with Crippen LogP contribution in [-0.2, 0) is 6.42 Å². The fourth-order valence-electron chi connectivity index (χ4n) is 1.92. The molecule has 0 aliphatic carbocycles. The lowest BCUT2D eigenvalue weighted by Crippen LogP contribution is -2.03. The lowest BCUT2D eigenvalue weighted by atomic mass is 9.98. The molecule has 0 fully saturated rings. The summed E-state index contributed by atoms with van der Waals surface area (Å²) in [6.07, 6.45) is 7.51. The SMILES string of the molecule is C=CCc1n[nH]c(O)c1C1CCCC=N1. The standard InChI is InChI=1S/C11H15N3O/c1-2-5-9-10(11(15)14-13-9)8-6-3-4-7-12-8/h2,7-8H,1,3-6H2,(H2,13,14,15). The van der Waals surface area contributed by atoms with Crippen molar-refractivity contribution in [3.05, 3.63) is 23.9 Å². The van der Waals surface area contributed by atoms with E-state index >= 15 is 0 Å². The summed E-state index contributed by atoms with van der Waals surface area (Å²) in [5.74, 6) is 0.149. The lowest BCUT2D eigenvalue weighted by Gasteiger charge is -2.15. The fourth-order valence-corrected chi connectivity index (χ4v) is 1.92. The van der Waals surface area contributed by atoms with Crippen LogP contribution in [0, 0.1) is 0 Å². The van der Waals surface area contributed by atoms with Crippen LogP contribution >= 0.6 is 0 Å². The zero-order valence-corrected chi connectivity index (χ0v) is 8.61. The van der Waals surface area contributed by atoms with E-state index in [4.69, 9.17) is 0 Å². The minimum absolute atomic E-state index is 0.0625. The van der Waals surface area contributed by atoms with E-state index in [9.17, 15) is 5.11 Å². The Balaban J connectivity index is 2.31. The Bertz CT molecular complexity index is 381. The maximum Gasteiger partial charge on any atom is 0.212 e. The number of aromatic hydroxyl groups is 1. The molecule has 2 N–H and O–H groups in total. The molecule has 1 aromatic rings. The first-order chi connectivity index (χ1) is 7.33. The van der Waals surface area contributed by atoms with Crippen molar-refractivity contribution >= 4 is 6.21 Å². The molecule has 2 rings (SSSR count). The highest BCUT2D eigenvalue weighted by Gasteiger charge is 2.21. The topological polar surface area (TPSA) is 61.3 Å². The number of H-pyrrole nitrogens is 1. The highest BCUT2D eigenvalue weighted by atomic mass is 16.3. The van der Waals surface area contributed by atoms with Gasteiger partial charge in [0.25, 0.3) is 0 Å². The van der Waals surface area contributed by atoms with Gasteiger partial charge in [-0.15, -0.1) is 6.58 Å². The van der Waals surface area contributed by atoms with Crippen LogP contribution in [0.5, 0.6) is 5.88 Å². The molecule has 0 spiro atoms. The van der Waals surface area contributed by atoms with Gasteiger partial charge in [-0.25, -0.2) is 5.10 Å². The largest absolute Gasteiger partial charge is 0.493 e. The number of nitrogens with zero attached hydrogens (tertiary/aromatic N) is 2. The Morgan fingerprint density at radius 3 is 3.20 bits per heavy atom. The summed E-state index contributed by atoms with van der Waals surface area (Å²) in [7, 11) is 0. The summed E-state index contributed by atoms with van der Waals surface area (Å²) in [6.45, 7) is 3.68. The van der Waals surface area contributed by atoms with Crippen molar-refractivity contribution < 1.29 is 5.11 Å². The van der Waals surface area contributed by atoms with Crippen LogP contribution in [0.1, 0.15) is 36.6 Å². The van der Waals surface area contributed by atoms with Gasteiger partial charge in [0.15, 0.2) is 0 Å². The minimum atomic E-state index is 0.0625. The van der Waals surface area contributed by atoms with Gasteiger partial charge in [-0.05, 0) is 25.5 Å². The highest BCUT2D eigenvalue weighted by Crippen LogP contribution is 2.33. The number of allylic oxidation sites excluding steroid dienone is 1. The van der Waals surface area contributed by atoms with E-state index in [1.807, 2.05) is 6.21 Å². The quantitative estimate of drug-likeness (QED) is 0.742. The highest BCUT2D eigenvalue weighted by molar-refractivity contribution is 5.59. The second kappa shape index (κ2) is 4.29. The molecule has 4 nitrogen and oxygen atoms in total. The zero-order valence-electron chi connectivity index (χ0n) is 8.61. The van der Waals surface area contributed by atoms with Crippen molar-refractivity contribution in [1.82, 2.24) is 10.2 Å². The predicted molar refractivity (Wildman–Crippen MR) is 59.2 cm³/mol. The van der Waals surface area contributed by atoms with Crippen molar-refractivity contribution in [2.75, 3.05) is 0 Å². The molecule has 1 atom stereocenters. The maximum atomic E-state index is 9.68. The Kier molecular flexibility index (Phi) is 2.85. The molecular weight excluding hydrogens is 190 g/mol. The molecule has 1 aromatic heterocycles. The van der Waals surface area contributed by atoms with Crippen LogP contribution in [0.4, 0.5) is 0 Å². The summed E-state index contributed by atoms with van der Waals surface area (Å²) in [6, 6.07) is 0.0625. The number of hydrogen-bond acceptors (Lipinski definition) is 3. The third-order valence-electron chi connectivity index (χ3n) is 2.63. The second-order valence-corrected chi connectivity index (χ2v) is 3.70. The monoisotopic (exact) mass is 205 g/mol. The molecule has 80 valence electrons. The van der Waals surface area contributed by atoms with Crippen molar-refractivity contribution in [3.8, 4) is 5.88 Å².